The Bertz CT molecular complexity index is 448. The Morgan fingerprint density at radius 1 is 1.25 bits per heavy atom. The van der Waals surface area contributed by atoms with Gasteiger partial charge >= 0.3 is 0 Å². The van der Waals surface area contributed by atoms with Gasteiger partial charge < -0.3 is 15.3 Å². The van der Waals surface area contributed by atoms with E-state index in [1.807, 2.05) is 18.2 Å². The third-order valence-electron chi connectivity index (χ3n) is 4.22. The van der Waals surface area contributed by atoms with Crippen molar-refractivity contribution in [3.05, 3.63) is 29.3 Å². The van der Waals surface area contributed by atoms with E-state index >= 15 is 0 Å². The van der Waals surface area contributed by atoms with Crippen molar-refractivity contribution in [2.45, 2.75) is 18.6 Å². The van der Waals surface area contributed by atoms with E-state index < -0.39 is 0 Å². The summed E-state index contributed by atoms with van der Waals surface area (Å²) in [6.07, 6.45) is 0.724. The smallest absolute Gasteiger partial charge is 0.0680 e. The Morgan fingerprint density at radius 3 is 2.70 bits per heavy atom. The van der Waals surface area contributed by atoms with Crippen LogP contribution in [-0.4, -0.2) is 61.4 Å². The molecule has 2 heterocycles. The second-order valence-corrected chi connectivity index (χ2v) is 6.20. The minimum atomic E-state index is -0.159. The molecule has 1 aromatic carbocycles. The average molecular weight is 296 g/mol. The van der Waals surface area contributed by atoms with Crippen LogP contribution in [0, 0.1) is 0 Å². The third kappa shape index (κ3) is 3.44. The van der Waals surface area contributed by atoms with Crippen molar-refractivity contribution in [1.29, 1.82) is 0 Å². The zero-order valence-electron chi connectivity index (χ0n) is 11.6. The van der Waals surface area contributed by atoms with Crippen LogP contribution >= 0.6 is 11.6 Å². The van der Waals surface area contributed by atoms with Crippen LogP contribution in [0.1, 0.15) is 6.42 Å². The highest BCUT2D eigenvalue weighted by atomic mass is 35.5. The van der Waals surface area contributed by atoms with E-state index in [4.69, 9.17) is 11.6 Å². The second-order valence-electron chi connectivity index (χ2n) is 5.76. The molecule has 2 saturated heterocycles. The van der Waals surface area contributed by atoms with Crippen LogP contribution in [0.2, 0.25) is 5.02 Å². The van der Waals surface area contributed by atoms with E-state index in [0.29, 0.717) is 6.04 Å². The number of benzene rings is 1. The van der Waals surface area contributed by atoms with Crippen molar-refractivity contribution in [1.82, 2.24) is 10.2 Å². The first-order chi connectivity index (χ1) is 9.70. The van der Waals surface area contributed by atoms with E-state index in [9.17, 15) is 5.11 Å². The molecular weight excluding hydrogens is 274 g/mol. The number of hydrogen-bond donors (Lipinski definition) is 2. The summed E-state index contributed by atoms with van der Waals surface area (Å²) in [6.45, 7) is 6.00. The van der Waals surface area contributed by atoms with Crippen LogP contribution in [0.5, 0.6) is 0 Å². The standard InChI is InChI=1S/C15H22ClN3O/c16-12-2-1-3-14(8-12)19-6-4-18(5-7-19)11-13-9-15(20)10-17-13/h1-3,8,13,15,17,20H,4-7,9-11H2. The minimum absolute atomic E-state index is 0.159. The Hall–Kier alpha value is -0.810. The molecule has 2 fully saturated rings. The van der Waals surface area contributed by atoms with Crippen molar-refractivity contribution in [3.8, 4) is 0 Å². The lowest BCUT2D eigenvalue weighted by atomic mass is 10.1. The summed E-state index contributed by atoms with van der Waals surface area (Å²) in [7, 11) is 0. The van der Waals surface area contributed by atoms with Gasteiger partial charge in [-0.3, -0.25) is 4.90 Å². The van der Waals surface area contributed by atoms with E-state index in [-0.39, 0.29) is 6.10 Å². The normalized spacial score (nSPS) is 28.0. The molecule has 0 amide bonds. The molecule has 4 nitrogen and oxygen atoms in total. The maximum Gasteiger partial charge on any atom is 0.0680 e. The monoisotopic (exact) mass is 295 g/mol. The fourth-order valence-corrected chi connectivity index (χ4v) is 3.29. The number of aliphatic hydroxyl groups excluding tert-OH is 1. The summed E-state index contributed by atoms with van der Waals surface area (Å²) >= 11 is 6.05. The molecule has 1 aromatic rings. The van der Waals surface area contributed by atoms with Crippen molar-refractivity contribution in [2.75, 3.05) is 44.2 Å². The maximum atomic E-state index is 9.54. The first-order valence-corrected chi connectivity index (χ1v) is 7.73. The van der Waals surface area contributed by atoms with Crippen molar-refractivity contribution >= 4 is 17.3 Å². The van der Waals surface area contributed by atoms with Crippen LogP contribution < -0.4 is 10.2 Å². The molecule has 0 spiro atoms. The molecule has 0 saturated carbocycles. The van der Waals surface area contributed by atoms with E-state index in [0.717, 1.165) is 50.7 Å². The molecule has 110 valence electrons. The zero-order valence-corrected chi connectivity index (χ0v) is 12.4. The predicted octanol–water partition coefficient (Wildman–Crippen LogP) is 1.18. The van der Waals surface area contributed by atoms with Gasteiger partial charge in [-0.25, -0.2) is 0 Å². The van der Waals surface area contributed by atoms with Crippen LogP contribution in [0.15, 0.2) is 24.3 Å². The third-order valence-corrected chi connectivity index (χ3v) is 4.46. The van der Waals surface area contributed by atoms with Crippen molar-refractivity contribution in [2.24, 2.45) is 0 Å². The largest absolute Gasteiger partial charge is 0.392 e. The first kappa shape index (κ1) is 14.1. The highest BCUT2D eigenvalue weighted by Gasteiger charge is 2.25. The Kier molecular flexibility index (Phi) is 4.46. The number of anilines is 1. The molecule has 5 heteroatoms. The molecule has 0 aromatic heterocycles. The molecule has 2 aliphatic rings. The topological polar surface area (TPSA) is 38.7 Å². The van der Waals surface area contributed by atoms with Gasteiger partial charge in [-0.15, -0.1) is 0 Å². The number of piperazine rings is 1. The van der Waals surface area contributed by atoms with E-state index in [2.05, 4.69) is 21.2 Å². The molecule has 2 aliphatic heterocycles. The van der Waals surface area contributed by atoms with Gasteiger partial charge in [-0.05, 0) is 24.6 Å². The Labute approximate surface area is 125 Å². The molecular formula is C15H22ClN3O. The number of β-amino-alcohol motifs (C(OH)–C–C–N with tert-alkyl or cyclic N) is 1. The highest BCUT2D eigenvalue weighted by Crippen LogP contribution is 2.21. The van der Waals surface area contributed by atoms with Gasteiger partial charge in [0.25, 0.3) is 0 Å². The second kappa shape index (κ2) is 6.31. The van der Waals surface area contributed by atoms with Crippen LogP contribution in [-0.2, 0) is 0 Å². The fraction of sp³-hybridized carbons (Fsp3) is 0.600. The summed E-state index contributed by atoms with van der Waals surface area (Å²) < 4.78 is 0. The lowest BCUT2D eigenvalue weighted by Crippen LogP contribution is -2.49. The zero-order chi connectivity index (χ0) is 13.9. The Balaban J connectivity index is 1.49. The summed E-state index contributed by atoms with van der Waals surface area (Å²) in [5, 5.41) is 13.7. The van der Waals surface area contributed by atoms with E-state index in [1.54, 1.807) is 0 Å². The number of hydrogen-bond acceptors (Lipinski definition) is 4. The lowest BCUT2D eigenvalue weighted by molar-refractivity contribution is 0.185. The van der Waals surface area contributed by atoms with Crippen molar-refractivity contribution in [3.63, 3.8) is 0 Å². The summed E-state index contributed by atoms with van der Waals surface area (Å²) in [5.41, 5.74) is 1.21. The first-order valence-electron chi connectivity index (χ1n) is 7.35. The molecule has 3 rings (SSSR count). The molecule has 20 heavy (non-hydrogen) atoms. The van der Waals surface area contributed by atoms with Gasteiger partial charge in [0.15, 0.2) is 0 Å². The van der Waals surface area contributed by atoms with Crippen LogP contribution in [0.4, 0.5) is 5.69 Å². The van der Waals surface area contributed by atoms with Gasteiger partial charge in [0, 0.05) is 56.0 Å². The number of rotatable bonds is 3. The molecule has 0 radical (unpaired) electrons. The molecule has 2 atom stereocenters. The predicted molar refractivity (Wildman–Crippen MR) is 82.5 cm³/mol. The molecule has 0 bridgehead atoms. The van der Waals surface area contributed by atoms with Gasteiger partial charge in [-0.2, -0.15) is 0 Å². The maximum absolute atomic E-state index is 9.54. The quantitative estimate of drug-likeness (QED) is 0.878. The van der Waals surface area contributed by atoms with Gasteiger partial charge in [-0.1, -0.05) is 17.7 Å². The lowest BCUT2D eigenvalue weighted by Gasteiger charge is -2.37. The van der Waals surface area contributed by atoms with Gasteiger partial charge in [0.2, 0.25) is 0 Å². The highest BCUT2D eigenvalue weighted by molar-refractivity contribution is 6.30. The summed E-state index contributed by atoms with van der Waals surface area (Å²) in [5.74, 6) is 0. The number of halogens is 1. The summed E-state index contributed by atoms with van der Waals surface area (Å²) in [6, 6.07) is 8.53. The van der Waals surface area contributed by atoms with E-state index in [1.165, 1.54) is 5.69 Å². The number of nitrogens with zero attached hydrogens (tertiary/aromatic N) is 2. The van der Waals surface area contributed by atoms with Gasteiger partial charge in [0.05, 0.1) is 6.10 Å². The molecule has 0 aliphatic carbocycles. The van der Waals surface area contributed by atoms with Crippen LogP contribution in [0.25, 0.3) is 0 Å². The van der Waals surface area contributed by atoms with Crippen molar-refractivity contribution < 1.29 is 5.11 Å². The molecule has 2 unspecified atom stereocenters. The van der Waals surface area contributed by atoms with Gasteiger partial charge in [0.1, 0.15) is 0 Å². The SMILES string of the molecule is OC1CNC(CN2CCN(c3cccc(Cl)c3)CC2)C1. The minimum Gasteiger partial charge on any atom is -0.392 e. The Morgan fingerprint density at radius 2 is 2.05 bits per heavy atom. The number of nitrogens with one attached hydrogen (secondary N) is 1. The number of aliphatic hydroxyl groups is 1. The average Bonchev–Trinajstić information content (AvgIpc) is 2.85. The summed E-state index contributed by atoms with van der Waals surface area (Å²) in [4.78, 5) is 4.87. The molecule has 2 N–H and O–H groups in total. The fourth-order valence-electron chi connectivity index (χ4n) is 3.11. The van der Waals surface area contributed by atoms with Crippen LogP contribution in [0.3, 0.4) is 0 Å².